The molecule has 1 aliphatic heterocycles. The molecule has 7 heteroatoms. The highest BCUT2D eigenvalue weighted by atomic mass is 16.5. The van der Waals surface area contributed by atoms with Crippen LogP contribution in [0.4, 0.5) is 0 Å². The Kier molecular flexibility index (Phi) is 4.27. The lowest BCUT2D eigenvalue weighted by Gasteiger charge is -2.29. The molecule has 16 heavy (non-hydrogen) atoms. The molecule has 1 saturated heterocycles. The standard InChI is InChI=1S/C9H17N5O2/c10-6-1-2-16-4-7(6)14-3-5(8(11)12)9(13)15/h3,6-7,14H,1-2,4,10H2,(H3,11,12)(H2,13,15)/b5-3+/t6-,7?/m0/s1. The van der Waals surface area contributed by atoms with Gasteiger partial charge in [-0.1, -0.05) is 0 Å². The van der Waals surface area contributed by atoms with E-state index in [-0.39, 0.29) is 23.5 Å². The van der Waals surface area contributed by atoms with Gasteiger partial charge in [-0.25, -0.2) is 0 Å². The summed E-state index contributed by atoms with van der Waals surface area (Å²) in [5.74, 6) is -1.12. The number of nitrogens with one attached hydrogen (secondary N) is 2. The zero-order chi connectivity index (χ0) is 12.1. The third-order valence-corrected chi connectivity index (χ3v) is 2.41. The summed E-state index contributed by atoms with van der Waals surface area (Å²) in [6, 6.07) is -0.145. The molecule has 2 atom stereocenters. The van der Waals surface area contributed by atoms with Crippen LogP contribution in [0.3, 0.4) is 0 Å². The molecule has 8 N–H and O–H groups in total. The molecule has 1 unspecified atom stereocenters. The Morgan fingerprint density at radius 1 is 1.50 bits per heavy atom. The number of rotatable bonds is 4. The van der Waals surface area contributed by atoms with Crippen molar-refractivity contribution >= 4 is 11.7 Å². The maximum atomic E-state index is 10.9. The highest BCUT2D eigenvalue weighted by molar-refractivity contribution is 6.18. The highest BCUT2D eigenvalue weighted by Crippen LogP contribution is 2.05. The van der Waals surface area contributed by atoms with Crippen molar-refractivity contribution in [2.75, 3.05) is 13.2 Å². The van der Waals surface area contributed by atoms with E-state index < -0.39 is 5.91 Å². The zero-order valence-corrected chi connectivity index (χ0v) is 8.90. The number of amidine groups is 1. The summed E-state index contributed by atoms with van der Waals surface area (Å²) in [5, 5.41) is 10.1. The van der Waals surface area contributed by atoms with Crippen LogP contribution in [0.25, 0.3) is 0 Å². The summed E-state index contributed by atoms with van der Waals surface area (Å²) in [5.41, 5.74) is 16.0. The van der Waals surface area contributed by atoms with Crippen LogP contribution in [0.5, 0.6) is 0 Å². The molecular weight excluding hydrogens is 210 g/mol. The molecule has 0 spiro atoms. The first-order valence-electron chi connectivity index (χ1n) is 4.96. The fourth-order valence-electron chi connectivity index (χ4n) is 1.40. The monoisotopic (exact) mass is 227 g/mol. The number of carbonyl (C=O) groups is 1. The maximum absolute atomic E-state index is 10.9. The minimum absolute atomic E-state index is 0.0499. The first kappa shape index (κ1) is 12.5. The van der Waals surface area contributed by atoms with Gasteiger partial charge in [0.2, 0.25) is 0 Å². The molecule has 7 nitrogen and oxygen atoms in total. The molecule has 0 radical (unpaired) electrons. The van der Waals surface area contributed by atoms with E-state index in [1.807, 2.05) is 0 Å². The minimum atomic E-state index is -0.745. The molecule has 1 heterocycles. The number of hydrogen-bond acceptors (Lipinski definition) is 5. The van der Waals surface area contributed by atoms with Crippen molar-refractivity contribution in [1.29, 1.82) is 5.41 Å². The Morgan fingerprint density at radius 2 is 2.19 bits per heavy atom. The predicted octanol–water partition coefficient (Wildman–Crippen LogP) is -2.00. The first-order valence-corrected chi connectivity index (χ1v) is 4.96. The van der Waals surface area contributed by atoms with Gasteiger partial charge in [-0.2, -0.15) is 0 Å². The molecule has 1 aliphatic rings. The van der Waals surface area contributed by atoms with Crippen molar-refractivity contribution in [2.45, 2.75) is 18.5 Å². The Labute approximate surface area is 93.5 Å². The van der Waals surface area contributed by atoms with E-state index in [1.165, 1.54) is 6.20 Å². The largest absolute Gasteiger partial charge is 0.384 e. The van der Waals surface area contributed by atoms with Crippen LogP contribution in [-0.2, 0) is 9.53 Å². The average molecular weight is 227 g/mol. The van der Waals surface area contributed by atoms with Gasteiger partial charge in [0.05, 0.1) is 18.2 Å². The van der Waals surface area contributed by atoms with Gasteiger partial charge in [0.15, 0.2) is 0 Å². The fraction of sp³-hybridized carbons (Fsp3) is 0.556. The lowest BCUT2D eigenvalue weighted by atomic mass is 10.0. The third kappa shape index (κ3) is 3.21. The van der Waals surface area contributed by atoms with E-state index in [9.17, 15) is 4.79 Å². The minimum Gasteiger partial charge on any atom is -0.384 e. The molecule has 1 amide bonds. The second kappa shape index (κ2) is 5.47. The van der Waals surface area contributed by atoms with Gasteiger partial charge < -0.3 is 27.3 Å². The van der Waals surface area contributed by atoms with E-state index in [1.54, 1.807) is 0 Å². The number of amides is 1. The van der Waals surface area contributed by atoms with Crippen LogP contribution in [0, 0.1) is 5.41 Å². The first-order chi connectivity index (χ1) is 7.52. The van der Waals surface area contributed by atoms with Crippen LogP contribution in [0.15, 0.2) is 11.8 Å². The van der Waals surface area contributed by atoms with Gasteiger partial charge in [-0.3, -0.25) is 10.2 Å². The second-order valence-corrected chi connectivity index (χ2v) is 3.64. The lowest BCUT2D eigenvalue weighted by Crippen LogP contribution is -2.50. The van der Waals surface area contributed by atoms with Gasteiger partial charge in [0, 0.05) is 18.8 Å². The molecule has 0 aromatic heterocycles. The van der Waals surface area contributed by atoms with E-state index in [2.05, 4.69) is 5.32 Å². The third-order valence-electron chi connectivity index (χ3n) is 2.41. The topological polar surface area (TPSA) is 140 Å². The number of carbonyl (C=O) groups excluding carboxylic acids is 1. The quantitative estimate of drug-likeness (QED) is 0.214. The summed E-state index contributed by atoms with van der Waals surface area (Å²) in [6.07, 6.45) is 2.07. The van der Waals surface area contributed by atoms with Crippen LogP contribution in [-0.4, -0.2) is 37.0 Å². The van der Waals surface area contributed by atoms with Crippen molar-refractivity contribution in [2.24, 2.45) is 17.2 Å². The highest BCUT2D eigenvalue weighted by Gasteiger charge is 2.21. The fourth-order valence-corrected chi connectivity index (χ4v) is 1.40. The Hall–Kier alpha value is -1.60. The van der Waals surface area contributed by atoms with Gasteiger partial charge in [0.1, 0.15) is 5.84 Å². The van der Waals surface area contributed by atoms with Gasteiger partial charge in [0.25, 0.3) is 5.91 Å². The summed E-state index contributed by atoms with van der Waals surface area (Å²) in [7, 11) is 0. The van der Waals surface area contributed by atoms with Gasteiger partial charge in [-0.15, -0.1) is 0 Å². The van der Waals surface area contributed by atoms with Gasteiger partial charge >= 0.3 is 0 Å². The smallest absolute Gasteiger partial charge is 0.253 e. The summed E-state index contributed by atoms with van der Waals surface area (Å²) < 4.78 is 5.23. The van der Waals surface area contributed by atoms with Crippen molar-refractivity contribution in [1.82, 2.24) is 5.32 Å². The van der Waals surface area contributed by atoms with Crippen LogP contribution in [0.2, 0.25) is 0 Å². The van der Waals surface area contributed by atoms with Crippen molar-refractivity contribution in [3.05, 3.63) is 11.8 Å². The van der Waals surface area contributed by atoms with Crippen molar-refractivity contribution in [3.8, 4) is 0 Å². The number of primary amides is 1. The molecule has 0 saturated carbocycles. The average Bonchev–Trinajstić information content (AvgIpc) is 2.20. The molecule has 1 fully saturated rings. The molecule has 0 aromatic rings. The van der Waals surface area contributed by atoms with E-state index in [4.69, 9.17) is 27.3 Å². The second-order valence-electron chi connectivity index (χ2n) is 3.64. The summed E-state index contributed by atoms with van der Waals surface area (Å²) in [4.78, 5) is 10.9. The maximum Gasteiger partial charge on any atom is 0.253 e. The van der Waals surface area contributed by atoms with Crippen molar-refractivity contribution in [3.63, 3.8) is 0 Å². The van der Waals surface area contributed by atoms with E-state index in [0.717, 1.165) is 6.42 Å². The van der Waals surface area contributed by atoms with Crippen LogP contribution < -0.4 is 22.5 Å². The molecule has 0 aliphatic carbocycles. The number of ether oxygens (including phenoxy) is 1. The zero-order valence-electron chi connectivity index (χ0n) is 8.90. The Balaban J connectivity index is 2.61. The molecule has 1 rings (SSSR count). The molecule has 0 bridgehead atoms. The van der Waals surface area contributed by atoms with Crippen LogP contribution >= 0.6 is 0 Å². The van der Waals surface area contributed by atoms with Crippen molar-refractivity contribution < 1.29 is 9.53 Å². The normalized spacial score (nSPS) is 26.2. The Morgan fingerprint density at radius 3 is 2.69 bits per heavy atom. The lowest BCUT2D eigenvalue weighted by molar-refractivity contribution is -0.114. The van der Waals surface area contributed by atoms with Gasteiger partial charge in [-0.05, 0) is 6.42 Å². The van der Waals surface area contributed by atoms with E-state index in [0.29, 0.717) is 13.2 Å². The predicted molar refractivity (Wildman–Crippen MR) is 59.5 cm³/mol. The number of hydrogen-bond donors (Lipinski definition) is 5. The molecule has 90 valence electrons. The van der Waals surface area contributed by atoms with E-state index >= 15 is 0 Å². The Bertz CT molecular complexity index is 299. The molecular formula is C9H17N5O2. The SMILES string of the molecule is N=C(N)/C(=C\NC1COCC[C@@H]1N)C(N)=O. The molecule has 0 aromatic carbocycles. The van der Waals surface area contributed by atoms with Crippen LogP contribution in [0.1, 0.15) is 6.42 Å². The summed E-state index contributed by atoms with van der Waals surface area (Å²) >= 11 is 0. The summed E-state index contributed by atoms with van der Waals surface area (Å²) in [6.45, 7) is 1.10. The number of nitrogens with two attached hydrogens (primary N) is 3.